The number of carbonyl (C=O) groups excluding carboxylic acids is 1. The Morgan fingerprint density at radius 3 is 2.29 bits per heavy atom. The maximum absolute atomic E-state index is 11.8. The molecule has 0 aromatic heterocycles. The Morgan fingerprint density at radius 1 is 0.952 bits per heavy atom. The number of esters is 1. The molecule has 21 heavy (non-hydrogen) atoms. The van der Waals surface area contributed by atoms with Crippen molar-refractivity contribution >= 4 is 27.5 Å². The van der Waals surface area contributed by atoms with Crippen LogP contribution in [0, 0.1) is 0 Å². The molecule has 0 atom stereocenters. The molecular weight excluding hydrogens is 339 g/mol. The number of ether oxygens (including phenoxy) is 1. The van der Waals surface area contributed by atoms with Crippen LogP contribution in [-0.2, 0) is 31.0 Å². The van der Waals surface area contributed by atoms with E-state index in [9.17, 15) is 4.79 Å². The summed E-state index contributed by atoms with van der Waals surface area (Å²) in [6, 6.07) is 18.1. The van der Waals surface area contributed by atoms with Gasteiger partial charge in [-0.1, -0.05) is 55.5 Å². The number of carbonyl (C=O) groups is 1. The second kappa shape index (κ2) is 7.00. The first-order chi connectivity index (χ1) is 9.79. The van der Waals surface area contributed by atoms with Crippen LogP contribution in [0.2, 0.25) is 0 Å². The number of benzene rings is 3. The van der Waals surface area contributed by atoms with Gasteiger partial charge in [-0.2, -0.15) is 0 Å². The molecule has 0 spiro atoms. The standard InChI is InChI=1S/C18H16O2.Zr/c1-2-7-18(19)20-17-12-13-8-3-4-9-14(13)15-10-5-6-11-16(15)17;/h3-6,8-12H,2,7H2,1H3;. The number of fused-ring (bicyclic) bond motifs is 3. The third-order valence-electron chi connectivity index (χ3n) is 3.41. The van der Waals surface area contributed by atoms with E-state index < -0.39 is 0 Å². The monoisotopic (exact) mass is 354 g/mol. The minimum absolute atomic E-state index is 0. The summed E-state index contributed by atoms with van der Waals surface area (Å²) in [6.45, 7) is 1.97. The Morgan fingerprint density at radius 2 is 1.57 bits per heavy atom. The first kappa shape index (κ1) is 15.9. The van der Waals surface area contributed by atoms with Crippen molar-refractivity contribution in [2.75, 3.05) is 0 Å². The van der Waals surface area contributed by atoms with Gasteiger partial charge in [0, 0.05) is 38.0 Å². The normalized spacial score (nSPS) is 10.3. The molecule has 3 aromatic carbocycles. The summed E-state index contributed by atoms with van der Waals surface area (Å²) in [4.78, 5) is 11.8. The first-order valence-corrected chi connectivity index (χ1v) is 6.91. The Hall–Kier alpha value is -1.47. The van der Waals surface area contributed by atoms with Gasteiger partial charge in [-0.3, -0.25) is 4.79 Å². The Kier molecular flexibility index (Phi) is 5.30. The van der Waals surface area contributed by atoms with Gasteiger partial charge in [0.25, 0.3) is 0 Å². The van der Waals surface area contributed by atoms with Crippen molar-refractivity contribution in [2.45, 2.75) is 19.8 Å². The Bertz CT molecular complexity index is 780. The maximum atomic E-state index is 11.8. The summed E-state index contributed by atoms with van der Waals surface area (Å²) in [7, 11) is 0. The fraction of sp³-hybridized carbons (Fsp3) is 0.167. The van der Waals surface area contributed by atoms with Gasteiger partial charge in [0.15, 0.2) is 0 Å². The van der Waals surface area contributed by atoms with Gasteiger partial charge in [-0.25, -0.2) is 0 Å². The average molecular weight is 356 g/mol. The van der Waals surface area contributed by atoms with Gasteiger partial charge in [-0.15, -0.1) is 0 Å². The van der Waals surface area contributed by atoms with Crippen molar-refractivity contribution in [2.24, 2.45) is 0 Å². The summed E-state index contributed by atoms with van der Waals surface area (Å²) in [5.74, 6) is 0.477. The molecule has 2 nitrogen and oxygen atoms in total. The molecule has 104 valence electrons. The van der Waals surface area contributed by atoms with Crippen molar-refractivity contribution in [1.82, 2.24) is 0 Å². The average Bonchev–Trinajstić information content (AvgIpc) is 2.48. The van der Waals surface area contributed by atoms with E-state index in [2.05, 4.69) is 12.1 Å². The van der Waals surface area contributed by atoms with Gasteiger partial charge >= 0.3 is 5.97 Å². The summed E-state index contributed by atoms with van der Waals surface area (Å²) < 4.78 is 5.54. The minimum atomic E-state index is -0.173. The molecule has 0 bridgehead atoms. The summed E-state index contributed by atoms with van der Waals surface area (Å²) in [5.41, 5.74) is 0. The van der Waals surface area contributed by atoms with Gasteiger partial charge in [0.2, 0.25) is 0 Å². The smallest absolute Gasteiger partial charge is 0.311 e. The van der Waals surface area contributed by atoms with Crippen LogP contribution in [0.4, 0.5) is 0 Å². The van der Waals surface area contributed by atoms with Gasteiger partial charge in [0.1, 0.15) is 5.75 Å². The maximum Gasteiger partial charge on any atom is 0.311 e. The predicted molar refractivity (Wildman–Crippen MR) is 82.0 cm³/mol. The zero-order chi connectivity index (χ0) is 13.9. The van der Waals surface area contributed by atoms with Gasteiger partial charge < -0.3 is 4.74 Å². The molecule has 0 radical (unpaired) electrons. The molecule has 0 fully saturated rings. The van der Waals surface area contributed by atoms with Crippen LogP contribution in [0.25, 0.3) is 21.5 Å². The van der Waals surface area contributed by atoms with E-state index in [1.165, 1.54) is 5.39 Å². The zero-order valence-corrected chi connectivity index (χ0v) is 14.4. The van der Waals surface area contributed by atoms with Crippen LogP contribution >= 0.6 is 0 Å². The van der Waals surface area contributed by atoms with Crippen LogP contribution < -0.4 is 4.74 Å². The second-order valence-corrected chi connectivity index (χ2v) is 4.87. The third-order valence-corrected chi connectivity index (χ3v) is 3.41. The van der Waals surface area contributed by atoms with E-state index in [4.69, 9.17) is 4.74 Å². The van der Waals surface area contributed by atoms with Gasteiger partial charge in [0.05, 0.1) is 0 Å². The number of rotatable bonds is 3. The van der Waals surface area contributed by atoms with Crippen LogP contribution in [0.5, 0.6) is 5.75 Å². The van der Waals surface area contributed by atoms with E-state index in [1.54, 1.807) is 0 Å². The van der Waals surface area contributed by atoms with Crippen LogP contribution in [0.15, 0.2) is 54.6 Å². The largest absolute Gasteiger partial charge is 0.426 e. The molecular formula is C18H16O2Zr. The molecule has 3 heteroatoms. The minimum Gasteiger partial charge on any atom is -0.426 e. The molecule has 0 aliphatic heterocycles. The van der Waals surface area contributed by atoms with Crippen molar-refractivity contribution in [1.29, 1.82) is 0 Å². The van der Waals surface area contributed by atoms with Crippen molar-refractivity contribution in [3.8, 4) is 5.75 Å². The van der Waals surface area contributed by atoms with E-state index in [1.807, 2.05) is 49.4 Å². The topological polar surface area (TPSA) is 26.3 Å². The molecule has 0 N–H and O–H groups in total. The van der Waals surface area contributed by atoms with E-state index in [0.717, 1.165) is 22.6 Å². The summed E-state index contributed by atoms with van der Waals surface area (Å²) in [5, 5.41) is 4.37. The molecule has 0 aliphatic carbocycles. The zero-order valence-electron chi connectivity index (χ0n) is 11.9. The molecule has 0 heterocycles. The number of hydrogen-bond acceptors (Lipinski definition) is 2. The SMILES string of the molecule is CCCC(=O)Oc1cc2ccccc2c2ccccc12.[Zr]. The molecule has 3 rings (SSSR count). The Labute approximate surface area is 143 Å². The molecule has 0 saturated heterocycles. The molecule has 0 unspecified atom stereocenters. The number of hydrogen-bond donors (Lipinski definition) is 0. The van der Waals surface area contributed by atoms with Crippen molar-refractivity contribution < 1.29 is 35.7 Å². The quantitative estimate of drug-likeness (QED) is 0.387. The summed E-state index contributed by atoms with van der Waals surface area (Å²) in [6.07, 6.45) is 1.24. The van der Waals surface area contributed by atoms with E-state index in [0.29, 0.717) is 12.2 Å². The summed E-state index contributed by atoms with van der Waals surface area (Å²) >= 11 is 0. The fourth-order valence-corrected chi connectivity index (χ4v) is 2.48. The molecule has 0 amide bonds. The van der Waals surface area contributed by atoms with E-state index >= 15 is 0 Å². The molecule has 0 saturated carbocycles. The van der Waals surface area contributed by atoms with Crippen molar-refractivity contribution in [3.05, 3.63) is 54.6 Å². The Balaban J connectivity index is 0.00000161. The van der Waals surface area contributed by atoms with Crippen LogP contribution in [-0.4, -0.2) is 5.97 Å². The molecule has 3 aromatic rings. The van der Waals surface area contributed by atoms with E-state index in [-0.39, 0.29) is 32.2 Å². The third kappa shape index (κ3) is 3.24. The fourth-order valence-electron chi connectivity index (χ4n) is 2.48. The van der Waals surface area contributed by atoms with Gasteiger partial charge in [-0.05, 0) is 28.6 Å². The first-order valence-electron chi connectivity index (χ1n) is 6.91. The van der Waals surface area contributed by atoms with Crippen LogP contribution in [0.3, 0.4) is 0 Å². The predicted octanol–water partition coefficient (Wildman–Crippen LogP) is 4.70. The molecule has 0 aliphatic rings. The second-order valence-electron chi connectivity index (χ2n) is 4.87. The van der Waals surface area contributed by atoms with Crippen molar-refractivity contribution in [3.63, 3.8) is 0 Å². The van der Waals surface area contributed by atoms with Crippen LogP contribution in [0.1, 0.15) is 19.8 Å².